The van der Waals surface area contributed by atoms with E-state index in [1.54, 1.807) is 4.90 Å². The van der Waals surface area contributed by atoms with E-state index in [-0.39, 0.29) is 37.0 Å². The number of rotatable bonds is 6. The number of piperidine rings is 1. The van der Waals surface area contributed by atoms with Crippen LogP contribution >= 0.6 is 0 Å². The minimum Gasteiger partial charge on any atom is -0.445 e. The molecule has 0 aliphatic carbocycles. The summed E-state index contributed by atoms with van der Waals surface area (Å²) in [6, 6.07) is 9.27. The number of hydrogen-bond donors (Lipinski definition) is 1. The second kappa shape index (κ2) is 9.41. The van der Waals surface area contributed by atoms with Crippen molar-refractivity contribution >= 4 is 22.1 Å². The van der Waals surface area contributed by atoms with Crippen LogP contribution in [0.1, 0.15) is 18.4 Å². The highest BCUT2D eigenvalue weighted by Crippen LogP contribution is 2.28. The smallest absolute Gasteiger partial charge is 0.410 e. The quantitative estimate of drug-likeness (QED) is 0.700. The summed E-state index contributed by atoms with van der Waals surface area (Å²) in [5.41, 5.74) is 0.885. The highest BCUT2D eigenvalue weighted by Gasteiger charge is 2.36. The molecule has 2 aliphatic rings. The standard InChI is InChI=1S/C20H26N2O6S/c1-29(25,26)28-14-16-10-17(18-8-5-9-19(23)21-18)12-22(11-16)20(24)27-13-15-6-3-2-4-7-15/h2-7,9,16-18H,8,10-14H2,1H3,(H,21,23)/t16-,17+,18+/m0/s1. The maximum atomic E-state index is 12.7. The van der Waals surface area contributed by atoms with Crippen LogP contribution in [0.2, 0.25) is 0 Å². The fraction of sp³-hybridized carbons (Fsp3) is 0.500. The number of nitrogens with zero attached hydrogens (tertiary/aromatic N) is 1. The molecule has 29 heavy (non-hydrogen) atoms. The van der Waals surface area contributed by atoms with Crippen molar-refractivity contribution < 1.29 is 26.9 Å². The molecule has 8 nitrogen and oxygen atoms in total. The number of ether oxygens (including phenoxy) is 1. The Balaban J connectivity index is 1.66. The van der Waals surface area contributed by atoms with Crippen LogP contribution in [0.15, 0.2) is 42.5 Å². The van der Waals surface area contributed by atoms with Crippen molar-refractivity contribution in [3.63, 3.8) is 0 Å². The third-order valence-corrected chi connectivity index (χ3v) is 5.67. The highest BCUT2D eigenvalue weighted by atomic mass is 32.2. The molecule has 0 aromatic heterocycles. The molecular weight excluding hydrogens is 396 g/mol. The van der Waals surface area contributed by atoms with E-state index in [9.17, 15) is 18.0 Å². The summed E-state index contributed by atoms with van der Waals surface area (Å²) in [4.78, 5) is 26.0. The van der Waals surface area contributed by atoms with Crippen molar-refractivity contribution in [2.75, 3.05) is 26.0 Å². The zero-order valence-corrected chi connectivity index (χ0v) is 17.1. The number of carbonyl (C=O) groups is 2. The third kappa shape index (κ3) is 6.57. The first-order chi connectivity index (χ1) is 13.8. The zero-order valence-electron chi connectivity index (χ0n) is 16.3. The van der Waals surface area contributed by atoms with Gasteiger partial charge in [-0.3, -0.25) is 8.98 Å². The molecular formula is C20H26N2O6S. The molecule has 1 saturated heterocycles. The van der Waals surface area contributed by atoms with Crippen molar-refractivity contribution in [1.82, 2.24) is 10.2 Å². The van der Waals surface area contributed by atoms with Crippen LogP contribution in [0.25, 0.3) is 0 Å². The molecule has 2 amide bonds. The average Bonchev–Trinajstić information content (AvgIpc) is 2.70. The van der Waals surface area contributed by atoms with Gasteiger partial charge in [0.25, 0.3) is 10.1 Å². The van der Waals surface area contributed by atoms with E-state index in [4.69, 9.17) is 8.92 Å². The summed E-state index contributed by atoms with van der Waals surface area (Å²) >= 11 is 0. The summed E-state index contributed by atoms with van der Waals surface area (Å²) < 4.78 is 33.2. The first kappa shape index (κ1) is 21.3. The van der Waals surface area contributed by atoms with Crippen LogP contribution in [0.4, 0.5) is 4.79 Å². The lowest BCUT2D eigenvalue weighted by atomic mass is 9.83. The fourth-order valence-corrected chi connectivity index (χ4v) is 4.20. The molecule has 1 aromatic carbocycles. The molecule has 0 unspecified atom stereocenters. The first-order valence-electron chi connectivity index (χ1n) is 9.57. The molecule has 1 N–H and O–H groups in total. The van der Waals surface area contributed by atoms with Gasteiger partial charge in [0, 0.05) is 25.0 Å². The monoisotopic (exact) mass is 422 g/mol. The molecule has 1 fully saturated rings. The maximum Gasteiger partial charge on any atom is 0.410 e. The van der Waals surface area contributed by atoms with E-state index >= 15 is 0 Å². The second-order valence-electron chi connectivity index (χ2n) is 7.55. The van der Waals surface area contributed by atoms with Gasteiger partial charge in [-0.05, 0) is 30.4 Å². The Kier molecular flexibility index (Phi) is 6.92. The molecule has 1 aromatic rings. The maximum absolute atomic E-state index is 12.7. The fourth-order valence-electron chi connectivity index (χ4n) is 3.76. The van der Waals surface area contributed by atoms with Crippen LogP contribution in [0.3, 0.4) is 0 Å². The van der Waals surface area contributed by atoms with Gasteiger partial charge in [-0.25, -0.2) is 4.79 Å². The number of benzene rings is 1. The van der Waals surface area contributed by atoms with E-state index in [1.807, 2.05) is 36.4 Å². The molecule has 3 rings (SSSR count). The van der Waals surface area contributed by atoms with Crippen LogP contribution in [0, 0.1) is 11.8 Å². The lowest BCUT2D eigenvalue weighted by Gasteiger charge is -2.40. The number of nitrogens with one attached hydrogen (secondary N) is 1. The molecule has 2 heterocycles. The van der Waals surface area contributed by atoms with Gasteiger partial charge in [0.1, 0.15) is 6.61 Å². The molecule has 0 saturated carbocycles. The molecule has 9 heteroatoms. The van der Waals surface area contributed by atoms with E-state index in [2.05, 4.69) is 5.32 Å². The minimum absolute atomic E-state index is 0.00565. The number of hydrogen-bond acceptors (Lipinski definition) is 6. The number of amides is 2. The van der Waals surface area contributed by atoms with Gasteiger partial charge in [0.2, 0.25) is 5.91 Å². The van der Waals surface area contributed by atoms with Crippen molar-refractivity contribution in [3.05, 3.63) is 48.0 Å². The van der Waals surface area contributed by atoms with Gasteiger partial charge in [-0.1, -0.05) is 36.4 Å². The van der Waals surface area contributed by atoms with E-state index < -0.39 is 16.2 Å². The van der Waals surface area contributed by atoms with Gasteiger partial charge in [-0.2, -0.15) is 8.42 Å². The summed E-state index contributed by atoms with van der Waals surface area (Å²) in [6.45, 7) is 0.931. The Bertz CT molecular complexity index is 855. The Hall–Kier alpha value is -2.39. The summed E-state index contributed by atoms with van der Waals surface area (Å²) in [5.74, 6) is -0.348. The van der Waals surface area contributed by atoms with Crippen LogP contribution < -0.4 is 5.32 Å². The first-order valence-corrected chi connectivity index (χ1v) is 11.4. The molecule has 0 bridgehead atoms. The van der Waals surface area contributed by atoms with Gasteiger partial charge >= 0.3 is 6.09 Å². The topological polar surface area (TPSA) is 102 Å². The number of likely N-dealkylation sites (tertiary alicyclic amines) is 1. The Labute approximate surface area is 171 Å². The van der Waals surface area contributed by atoms with E-state index in [0.717, 1.165) is 11.8 Å². The third-order valence-electron chi connectivity index (χ3n) is 5.11. The summed E-state index contributed by atoms with van der Waals surface area (Å²) in [6.07, 6.45) is 5.18. The Morgan fingerprint density at radius 1 is 1.24 bits per heavy atom. The highest BCUT2D eigenvalue weighted by molar-refractivity contribution is 7.85. The van der Waals surface area contributed by atoms with Gasteiger partial charge in [0.05, 0.1) is 12.9 Å². The summed E-state index contributed by atoms with van der Waals surface area (Å²) in [7, 11) is -3.57. The lowest BCUT2D eigenvalue weighted by molar-refractivity contribution is -0.118. The molecule has 0 spiro atoms. The van der Waals surface area contributed by atoms with E-state index in [0.29, 0.717) is 25.9 Å². The lowest BCUT2D eigenvalue weighted by Crippen LogP contribution is -2.52. The van der Waals surface area contributed by atoms with Gasteiger partial charge in [0.15, 0.2) is 0 Å². The van der Waals surface area contributed by atoms with Gasteiger partial charge < -0.3 is 15.0 Å². The minimum atomic E-state index is -3.57. The van der Waals surface area contributed by atoms with Crippen LogP contribution in [-0.2, 0) is 30.4 Å². The Morgan fingerprint density at radius 3 is 2.69 bits per heavy atom. The predicted molar refractivity (Wildman–Crippen MR) is 106 cm³/mol. The van der Waals surface area contributed by atoms with E-state index in [1.165, 1.54) is 6.08 Å². The second-order valence-corrected chi connectivity index (χ2v) is 9.19. The molecule has 158 valence electrons. The normalized spacial score (nSPS) is 24.8. The Morgan fingerprint density at radius 2 is 2.00 bits per heavy atom. The average molecular weight is 423 g/mol. The van der Waals surface area contributed by atoms with Crippen molar-refractivity contribution in [1.29, 1.82) is 0 Å². The molecule has 0 radical (unpaired) electrons. The van der Waals surface area contributed by atoms with Crippen molar-refractivity contribution in [2.24, 2.45) is 11.8 Å². The molecule has 2 aliphatic heterocycles. The van der Waals surface area contributed by atoms with Crippen LogP contribution in [0.5, 0.6) is 0 Å². The number of carbonyl (C=O) groups excluding carboxylic acids is 2. The molecule has 3 atom stereocenters. The van der Waals surface area contributed by atoms with Crippen molar-refractivity contribution in [2.45, 2.75) is 25.5 Å². The largest absolute Gasteiger partial charge is 0.445 e. The summed E-state index contributed by atoms with van der Waals surface area (Å²) in [5, 5.41) is 2.93. The van der Waals surface area contributed by atoms with Gasteiger partial charge in [-0.15, -0.1) is 0 Å². The predicted octanol–water partition coefficient (Wildman–Crippen LogP) is 1.68. The zero-order chi connectivity index (χ0) is 20.9. The van der Waals surface area contributed by atoms with Crippen LogP contribution in [-0.4, -0.2) is 57.3 Å². The van der Waals surface area contributed by atoms with Crippen molar-refractivity contribution in [3.8, 4) is 0 Å². The SMILES string of the molecule is CS(=O)(=O)OC[C@H]1C[C@@H]([C@H]2CC=CC(=O)N2)CN(C(=O)OCc2ccccc2)C1.